The van der Waals surface area contributed by atoms with E-state index in [0.29, 0.717) is 6.54 Å². The SMILES string of the molecule is CCCCCCCCCC[C@H](CN)NC(=O)O. The summed E-state index contributed by atoms with van der Waals surface area (Å²) in [6.45, 7) is 2.62. The Kier molecular flexibility index (Phi) is 11.2. The molecule has 0 fully saturated rings. The Balaban J connectivity index is 3.28. The monoisotopic (exact) mass is 244 g/mol. The summed E-state index contributed by atoms with van der Waals surface area (Å²) >= 11 is 0. The Morgan fingerprint density at radius 2 is 1.65 bits per heavy atom. The van der Waals surface area contributed by atoms with Gasteiger partial charge in [0.05, 0.1) is 0 Å². The highest BCUT2D eigenvalue weighted by atomic mass is 16.4. The molecule has 0 saturated carbocycles. The van der Waals surface area contributed by atoms with Crippen molar-refractivity contribution in [2.24, 2.45) is 5.73 Å². The standard InChI is InChI=1S/C13H28N2O2/c1-2-3-4-5-6-7-8-9-10-12(11-14)15-13(16)17/h12,15H,2-11,14H2,1H3,(H,16,17)/t12-/m1/s1. The van der Waals surface area contributed by atoms with Crippen LogP contribution in [0, 0.1) is 0 Å². The summed E-state index contributed by atoms with van der Waals surface area (Å²) in [6, 6.07) is -0.0763. The van der Waals surface area contributed by atoms with Crippen molar-refractivity contribution < 1.29 is 9.90 Å². The number of carboxylic acid groups (broad SMARTS) is 1. The van der Waals surface area contributed by atoms with Gasteiger partial charge in [0.1, 0.15) is 0 Å². The van der Waals surface area contributed by atoms with Gasteiger partial charge in [-0.2, -0.15) is 0 Å². The van der Waals surface area contributed by atoms with Crippen LogP contribution in [0.15, 0.2) is 0 Å². The van der Waals surface area contributed by atoms with Crippen LogP contribution in [0.1, 0.15) is 64.7 Å². The van der Waals surface area contributed by atoms with Crippen LogP contribution in [0.25, 0.3) is 0 Å². The molecule has 0 rings (SSSR count). The fourth-order valence-corrected chi connectivity index (χ4v) is 1.95. The van der Waals surface area contributed by atoms with Crippen molar-refractivity contribution in [1.29, 1.82) is 0 Å². The molecule has 0 saturated heterocycles. The highest BCUT2D eigenvalue weighted by molar-refractivity contribution is 5.64. The van der Waals surface area contributed by atoms with Crippen molar-refractivity contribution in [3.63, 3.8) is 0 Å². The van der Waals surface area contributed by atoms with Gasteiger partial charge in [0.2, 0.25) is 0 Å². The fourth-order valence-electron chi connectivity index (χ4n) is 1.95. The molecule has 4 N–H and O–H groups in total. The first-order valence-corrected chi connectivity index (χ1v) is 6.90. The van der Waals surface area contributed by atoms with Gasteiger partial charge in [-0.05, 0) is 6.42 Å². The number of nitrogens with two attached hydrogens (primary N) is 1. The van der Waals surface area contributed by atoms with E-state index in [1.165, 1.54) is 44.9 Å². The lowest BCUT2D eigenvalue weighted by molar-refractivity contribution is 0.189. The maximum absolute atomic E-state index is 10.4. The number of amides is 1. The third-order valence-corrected chi connectivity index (χ3v) is 3.02. The molecule has 4 nitrogen and oxygen atoms in total. The molecule has 0 radical (unpaired) electrons. The fraction of sp³-hybridized carbons (Fsp3) is 0.923. The van der Waals surface area contributed by atoms with Gasteiger partial charge in [-0.1, -0.05) is 58.3 Å². The molecule has 0 heterocycles. The normalized spacial score (nSPS) is 12.4. The van der Waals surface area contributed by atoms with Crippen LogP contribution in [0.2, 0.25) is 0 Å². The molecule has 0 spiro atoms. The molecule has 0 aromatic rings. The van der Waals surface area contributed by atoms with Gasteiger partial charge in [-0.25, -0.2) is 4.79 Å². The zero-order valence-corrected chi connectivity index (χ0v) is 11.1. The Hall–Kier alpha value is -0.770. The predicted octanol–water partition coefficient (Wildman–Crippen LogP) is 3.11. The largest absolute Gasteiger partial charge is 0.465 e. The van der Waals surface area contributed by atoms with E-state index in [2.05, 4.69) is 12.2 Å². The van der Waals surface area contributed by atoms with Crippen LogP contribution in [-0.2, 0) is 0 Å². The first-order chi connectivity index (χ1) is 8.20. The summed E-state index contributed by atoms with van der Waals surface area (Å²) in [5.41, 5.74) is 5.49. The van der Waals surface area contributed by atoms with Gasteiger partial charge in [-0.3, -0.25) is 0 Å². The number of hydrogen-bond donors (Lipinski definition) is 3. The van der Waals surface area contributed by atoms with E-state index in [4.69, 9.17) is 10.8 Å². The van der Waals surface area contributed by atoms with Crippen LogP contribution >= 0.6 is 0 Å². The van der Waals surface area contributed by atoms with E-state index in [-0.39, 0.29) is 6.04 Å². The third-order valence-electron chi connectivity index (χ3n) is 3.02. The minimum absolute atomic E-state index is 0.0763. The molecule has 0 aliphatic heterocycles. The van der Waals surface area contributed by atoms with Gasteiger partial charge in [0, 0.05) is 12.6 Å². The number of carbonyl (C=O) groups is 1. The summed E-state index contributed by atoms with van der Waals surface area (Å²) < 4.78 is 0. The predicted molar refractivity (Wildman–Crippen MR) is 71.2 cm³/mol. The topological polar surface area (TPSA) is 75.3 Å². The molecular formula is C13H28N2O2. The minimum atomic E-state index is -0.972. The second kappa shape index (κ2) is 11.7. The van der Waals surface area contributed by atoms with Crippen molar-refractivity contribution >= 4 is 6.09 Å². The molecule has 0 bridgehead atoms. The molecular weight excluding hydrogens is 216 g/mol. The molecule has 0 unspecified atom stereocenters. The van der Waals surface area contributed by atoms with Crippen molar-refractivity contribution in [2.75, 3.05) is 6.54 Å². The van der Waals surface area contributed by atoms with Gasteiger partial charge < -0.3 is 16.2 Å². The quantitative estimate of drug-likeness (QED) is 0.489. The van der Waals surface area contributed by atoms with Crippen molar-refractivity contribution in [3.8, 4) is 0 Å². The number of unbranched alkanes of at least 4 members (excludes halogenated alkanes) is 7. The summed E-state index contributed by atoms with van der Waals surface area (Å²) in [5.74, 6) is 0. The van der Waals surface area contributed by atoms with Gasteiger partial charge >= 0.3 is 6.09 Å². The molecule has 1 amide bonds. The van der Waals surface area contributed by atoms with Crippen LogP contribution in [0.3, 0.4) is 0 Å². The van der Waals surface area contributed by atoms with E-state index < -0.39 is 6.09 Å². The average molecular weight is 244 g/mol. The van der Waals surface area contributed by atoms with Crippen molar-refractivity contribution in [3.05, 3.63) is 0 Å². The Morgan fingerprint density at radius 1 is 1.12 bits per heavy atom. The summed E-state index contributed by atoms with van der Waals surface area (Å²) in [5, 5.41) is 11.0. The molecule has 0 aliphatic carbocycles. The first-order valence-electron chi connectivity index (χ1n) is 6.90. The molecule has 102 valence electrons. The van der Waals surface area contributed by atoms with E-state index in [1.807, 2.05) is 0 Å². The minimum Gasteiger partial charge on any atom is -0.465 e. The molecule has 0 aliphatic rings. The van der Waals surface area contributed by atoms with Gasteiger partial charge in [0.15, 0.2) is 0 Å². The summed E-state index contributed by atoms with van der Waals surface area (Å²) in [7, 11) is 0. The zero-order valence-electron chi connectivity index (χ0n) is 11.1. The third kappa shape index (κ3) is 11.5. The van der Waals surface area contributed by atoms with Gasteiger partial charge in [-0.15, -0.1) is 0 Å². The highest BCUT2D eigenvalue weighted by Gasteiger charge is 2.08. The van der Waals surface area contributed by atoms with Crippen molar-refractivity contribution in [1.82, 2.24) is 5.32 Å². The van der Waals surface area contributed by atoms with Crippen molar-refractivity contribution in [2.45, 2.75) is 70.8 Å². The zero-order chi connectivity index (χ0) is 12.9. The second-order valence-electron chi connectivity index (χ2n) is 4.65. The van der Waals surface area contributed by atoms with E-state index >= 15 is 0 Å². The lowest BCUT2D eigenvalue weighted by Crippen LogP contribution is -2.39. The first kappa shape index (κ1) is 16.2. The van der Waals surface area contributed by atoms with Gasteiger partial charge in [0.25, 0.3) is 0 Å². The summed E-state index contributed by atoms with van der Waals surface area (Å²) in [4.78, 5) is 10.4. The maximum atomic E-state index is 10.4. The number of rotatable bonds is 11. The molecule has 4 heteroatoms. The Labute approximate surface area is 105 Å². The summed E-state index contributed by atoms with van der Waals surface area (Å²) in [6.07, 6.45) is 10.0. The van der Waals surface area contributed by atoms with Crippen LogP contribution in [-0.4, -0.2) is 23.8 Å². The van der Waals surface area contributed by atoms with Crippen LogP contribution in [0.4, 0.5) is 4.79 Å². The lowest BCUT2D eigenvalue weighted by atomic mass is 10.0. The molecule has 0 aromatic carbocycles. The van der Waals surface area contributed by atoms with E-state index in [0.717, 1.165) is 12.8 Å². The van der Waals surface area contributed by atoms with E-state index in [1.54, 1.807) is 0 Å². The van der Waals surface area contributed by atoms with Crippen LogP contribution in [0.5, 0.6) is 0 Å². The number of nitrogens with one attached hydrogen (secondary N) is 1. The number of hydrogen-bond acceptors (Lipinski definition) is 2. The highest BCUT2D eigenvalue weighted by Crippen LogP contribution is 2.10. The Bertz CT molecular complexity index is 186. The Morgan fingerprint density at radius 3 is 2.12 bits per heavy atom. The molecule has 0 aromatic heterocycles. The van der Waals surface area contributed by atoms with E-state index in [9.17, 15) is 4.79 Å². The maximum Gasteiger partial charge on any atom is 0.404 e. The lowest BCUT2D eigenvalue weighted by Gasteiger charge is -2.14. The smallest absolute Gasteiger partial charge is 0.404 e. The second-order valence-corrected chi connectivity index (χ2v) is 4.65. The van der Waals surface area contributed by atoms with Crippen LogP contribution < -0.4 is 11.1 Å². The molecule has 1 atom stereocenters. The average Bonchev–Trinajstić information content (AvgIpc) is 2.30. The molecule has 17 heavy (non-hydrogen) atoms.